The number of nitrogens with one attached hydrogen (secondary N) is 1. The Hall–Kier alpha value is -0.900. The SMILES string of the molecule is CC1CCCC1CNC(=O)c1cccc(Br)c1F. The number of hydrogen-bond donors (Lipinski definition) is 1. The van der Waals surface area contributed by atoms with Gasteiger partial charge in [0.25, 0.3) is 5.91 Å². The van der Waals surface area contributed by atoms with E-state index in [2.05, 4.69) is 28.2 Å². The van der Waals surface area contributed by atoms with Crippen molar-refractivity contribution in [2.45, 2.75) is 26.2 Å². The van der Waals surface area contributed by atoms with Gasteiger partial charge in [-0.25, -0.2) is 4.39 Å². The van der Waals surface area contributed by atoms with E-state index in [0.717, 1.165) is 6.42 Å². The van der Waals surface area contributed by atoms with Crippen LogP contribution in [0.2, 0.25) is 0 Å². The van der Waals surface area contributed by atoms with Crippen LogP contribution < -0.4 is 5.32 Å². The summed E-state index contributed by atoms with van der Waals surface area (Å²) in [5, 5.41) is 2.84. The molecule has 0 saturated heterocycles. The topological polar surface area (TPSA) is 29.1 Å². The largest absolute Gasteiger partial charge is 0.352 e. The van der Waals surface area contributed by atoms with Gasteiger partial charge in [0, 0.05) is 6.54 Å². The van der Waals surface area contributed by atoms with E-state index < -0.39 is 5.82 Å². The summed E-state index contributed by atoms with van der Waals surface area (Å²) in [4.78, 5) is 11.9. The minimum atomic E-state index is -0.491. The number of carbonyl (C=O) groups excluding carboxylic acids is 1. The number of halogens is 2. The fraction of sp³-hybridized carbons (Fsp3) is 0.500. The molecule has 1 amide bonds. The molecule has 4 heteroatoms. The van der Waals surface area contributed by atoms with E-state index in [1.165, 1.54) is 18.9 Å². The van der Waals surface area contributed by atoms with Crippen molar-refractivity contribution in [1.82, 2.24) is 5.32 Å². The Balaban J connectivity index is 1.97. The molecule has 1 N–H and O–H groups in total. The van der Waals surface area contributed by atoms with Crippen molar-refractivity contribution in [3.63, 3.8) is 0 Å². The molecular weight excluding hydrogens is 297 g/mol. The molecule has 0 aliphatic heterocycles. The third-order valence-corrected chi connectivity index (χ3v) is 4.37. The average Bonchev–Trinajstić information content (AvgIpc) is 2.75. The van der Waals surface area contributed by atoms with Gasteiger partial charge in [-0.1, -0.05) is 25.8 Å². The molecule has 98 valence electrons. The molecule has 0 radical (unpaired) electrons. The highest BCUT2D eigenvalue weighted by molar-refractivity contribution is 9.10. The van der Waals surface area contributed by atoms with Crippen LogP contribution in [0.4, 0.5) is 4.39 Å². The van der Waals surface area contributed by atoms with E-state index in [1.807, 2.05) is 0 Å². The number of amides is 1. The molecule has 0 spiro atoms. The molecule has 1 aliphatic rings. The first-order valence-corrected chi connectivity index (χ1v) is 7.11. The zero-order valence-corrected chi connectivity index (χ0v) is 12.0. The Labute approximate surface area is 115 Å². The van der Waals surface area contributed by atoms with Crippen molar-refractivity contribution in [2.75, 3.05) is 6.54 Å². The molecule has 1 fully saturated rings. The smallest absolute Gasteiger partial charge is 0.254 e. The molecule has 0 aromatic heterocycles. The predicted octanol–water partition coefficient (Wildman–Crippen LogP) is 3.75. The lowest BCUT2D eigenvalue weighted by molar-refractivity contribution is 0.0940. The van der Waals surface area contributed by atoms with E-state index in [4.69, 9.17) is 0 Å². The van der Waals surface area contributed by atoms with E-state index in [-0.39, 0.29) is 11.5 Å². The second-order valence-electron chi connectivity index (χ2n) is 4.98. The Morgan fingerprint density at radius 2 is 2.28 bits per heavy atom. The summed E-state index contributed by atoms with van der Waals surface area (Å²) in [6, 6.07) is 4.76. The summed E-state index contributed by atoms with van der Waals surface area (Å²) in [5.41, 5.74) is 0.107. The van der Waals surface area contributed by atoms with E-state index in [0.29, 0.717) is 22.9 Å². The van der Waals surface area contributed by atoms with Gasteiger partial charge in [-0.05, 0) is 46.3 Å². The zero-order valence-electron chi connectivity index (χ0n) is 10.4. The van der Waals surface area contributed by atoms with Gasteiger partial charge in [0.2, 0.25) is 0 Å². The monoisotopic (exact) mass is 313 g/mol. The molecule has 0 heterocycles. The molecule has 18 heavy (non-hydrogen) atoms. The van der Waals surface area contributed by atoms with Crippen LogP contribution in [0.25, 0.3) is 0 Å². The maximum Gasteiger partial charge on any atom is 0.254 e. The summed E-state index contributed by atoms with van der Waals surface area (Å²) in [6.07, 6.45) is 3.61. The van der Waals surface area contributed by atoms with Gasteiger partial charge in [0.05, 0.1) is 10.0 Å². The first kappa shape index (κ1) is 13.5. The van der Waals surface area contributed by atoms with Gasteiger partial charge in [-0.2, -0.15) is 0 Å². The lowest BCUT2D eigenvalue weighted by Crippen LogP contribution is -2.30. The quantitative estimate of drug-likeness (QED) is 0.904. The molecule has 2 unspecified atom stereocenters. The van der Waals surface area contributed by atoms with Crippen LogP contribution in [0.1, 0.15) is 36.5 Å². The molecule has 1 aromatic carbocycles. The van der Waals surface area contributed by atoms with Crippen LogP contribution in [-0.4, -0.2) is 12.5 Å². The van der Waals surface area contributed by atoms with Crippen LogP contribution >= 0.6 is 15.9 Å². The molecular formula is C14H17BrFNO. The highest BCUT2D eigenvalue weighted by Gasteiger charge is 2.24. The number of carbonyl (C=O) groups is 1. The lowest BCUT2D eigenvalue weighted by atomic mass is 9.98. The van der Waals surface area contributed by atoms with Crippen LogP contribution in [-0.2, 0) is 0 Å². The highest BCUT2D eigenvalue weighted by Crippen LogP contribution is 2.30. The molecule has 1 aliphatic carbocycles. The maximum absolute atomic E-state index is 13.7. The van der Waals surface area contributed by atoms with Gasteiger partial charge in [-0.15, -0.1) is 0 Å². The first-order chi connectivity index (χ1) is 8.59. The molecule has 1 aromatic rings. The number of benzene rings is 1. The normalized spacial score (nSPS) is 23.1. The standard InChI is InChI=1S/C14H17BrFNO/c1-9-4-2-5-10(9)8-17-14(18)11-6-3-7-12(15)13(11)16/h3,6-7,9-10H,2,4-5,8H2,1H3,(H,17,18). The predicted molar refractivity (Wildman–Crippen MR) is 72.9 cm³/mol. The van der Waals surface area contributed by atoms with Gasteiger partial charge in [0.15, 0.2) is 0 Å². The Kier molecular flexibility index (Phi) is 4.38. The minimum absolute atomic E-state index is 0.107. The Bertz CT molecular complexity index is 449. The summed E-state index contributed by atoms with van der Waals surface area (Å²) >= 11 is 3.09. The number of hydrogen-bond acceptors (Lipinski definition) is 1. The zero-order chi connectivity index (χ0) is 13.1. The molecule has 2 atom stereocenters. The second kappa shape index (κ2) is 5.83. The molecule has 2 nitrogen and oxygen atoms in total. The van der Waals surface area contributed by atoms with Gasteiger partial charge in [0.1, 0.15) is 5.82 Å². The van der Waals surface area contributed by atoms with Crippen molar-refractivity contribution in [1.29, 1.82) is 0 Å². The van der Waals surface area contributed by atoms with E-state index in [9.17, 15) is 9.18 Å². The average molecular weight is 314 g/mol. The Morgan fingerprint density at radius 3 is 2.94 bits per heavy atom. The summed E-state index contributed by atoms with van der Waals surface area (Å²) < 4.78 is 14.0. The van der Waals surface area contributed by atoms with Crippen LogP contribution in [0, 0.1) is 17.7 Å². The van der Waals surface area contributed by atoms with Crippen LogP contribution in [0.15, 0.2) is 22.7 Å². The van der Waals surface area contributed by atoms with E-state index >= 15 is 0 Å². The fourth-order valence-corrected chi connectivity index (χ4v) is 2.89. The minimum Gasteiger partial charge on any atom is -0.352 e. The van der Waals surface area contributed by atoms with Crippen molar-refractivity contribution in [3.05, 3.63) is 34.1 Å². The number of rotatable bonds is 3. The van der Waals surface area contributed by atoms with E-state index in [1.54, 1.807) is 12.1 Å². The van der Waals surface area contributed by atoms with Crippen molar-refractivity contribution >= 4 is 21.8 Å². The third-order valence-electron chi connectivity index (χ3n) is 3.76. The fourth-order valence-electron chi connectivity index (χ4n) is 2.52. The van der Waals surface area contributed by atoms with Crippen molar-refractivity contribution in [2.24, 2.45) is 11.8 Å². The second-order valence-corrected chi connectivity index (χ2v) is 5.83. The third kappa shape index (κ3) is 2.91. The summed E-state index contributed by atoms with van der Waals surface area (Å²) in [7, 11) is 0. The highest BCUT2D eigenvalue weighted by atomic mass is 79.9. The maximum atomic E-state index is 13.7. The lowest BCUT2D eigenvalue weighted by Gasteiger charge is -2.16. The first-order valence-electron chi connectivity index (χ1n) is 6.32. The molecule has 1 saturated carbocycles. The summed E-state index contributed by atoms with van der Waals surface area (Å²) in [6.45, 7) is 2.86. The molecule has 0 bridgehead atoms. The van der Waals surface area contributed by atoms with Crippen LogP contribution in [0.5, 0.6) is 0 Å². The summed E-state index contributed by atoms with van der Waals surface area (Å²) in [5.74, 6) is 0.365. The van der Waals surface area contributed by atoms with Gasteiger partial charge >= 0.3 is 0 Å². The molecule has 2 rings (SSSR count). The van der Waals surface area contributed by atoms with Crippen LogP contribution in [0.3, 0.4) is 0 Å². The van der Waals surface area contributed by atoms with Gasteiger partial charge < -0.3 is 5.32 Å². The van der Waals surface area contributed by atoms with Gasteiger partial charge in [-0.3, -0.25) is 4.79 Å². The van der Waals surface area contributed by atoms with Crippen molar-refractivity contribution < 1.29 is 9.18 Å². The Morgan fingerprint density at radius 1 is 1.50 bits per heavy atom. The van der Waals surface area contributed by atoms with Crippen molar-refractivity contribution in [3.8, 4) is 0 Å².